The zero-order valence-corrected chi connectivity index (χ0v) is 13.7. The summed E-state index contributed by atoms with van der Waals surface area (Å²) in [5.41, 5.74) is 0.231. The molecule has 0 bridgehead atoms. The zero-order valence-electron chi connectivity index (χ0n) is 10.5. The van der Waals surface area contributed by atoms with Crippen LogP contribution in [0.3, 0.4) is 0 Å². The van der Waals surface area contributed by atoms with Crippen LogP contribution in [0.25, 0.3) is 10.8 Å². The molecule has 2 N–H and O–H groups in total. The van der Waals surface area contributed by atoms with E-state index in [0.717, 1.165) is 0 Å². The first-order valence-electron chi connectivity index (χ1n) is 5.21. The zero-order chi connectivity index (χ0) is 13.3. The van der Waals surface area contributed by atoms with Crippen LogP contribution < -0.4 is 56.5 Å². The van der Waals surface area contributed by atoms with Crippen molar-refractivity contribution in [3.8, 4) is 5.75 Å². The van der Waals surface area contributed by atoms with Crippen molar-refractivity contribution < 1.29 is 71.5 Å². The predicted octanol–water partition coefficient (Wildman–Crippen LogP) is -1.34. The Labute approximate surface area is 152 Å². The standard InChI is InChI=1S/C13H11NO4.K/c1-7(15)14-11-4-2-3-9-8(11)5-6-10(12(9)16)13(17)18;/h2-6,16H,1H3,(H,14,15)(H,17,18);/q;+1/p-1. The van der Waals surface area contributed by atoms with Crippen LogP contribution in [0.4, 0.5) is 5.69 Å². The number of rotatable bonds is 2. The molecule has 0 saturated carbocycles. The van der Waals surface area contributed by atoms with Gasteiger partial charge in [-0.05, 0) is 25.0 Å². The molecule has 2 aromatic carbocycles. The molecular formula is C13H10KNO4. The van der Waals surface area contributed by atoms with Gasteiger partial charge in [0.2, 0.25) is 0 Å². The summed E-state index contributed by atoms with van der Waals surface area (Å²) in [6.45, 7) is 1.32. The Morgan fingerprint density at radius 3 is 2.47 bits per heavy atom. The molecule has 0 spiro atoms. The van der Waals surface area contributed by atoms with E-state index >= 15 is 0 Å². The molecule has 0 aliphatic rings. The molecule has 0 heterocycles. The van der Waals surface area contributed by atoms with Gasteiger partial charge >= 0.3 is 57.4 Å². The van der Waals surface area contributed by atoms with Crippen LogP contribution in [-0.2, 0) is 0 Å². The van der Waals surface area contributed by atoms with Crippen molar-refractivity contribution in [1.29, 1.82) is 0 Å². The fourth-order valence-corrected chi connectivity index (χ4v) is 1.77. The minimum atomic E-state index is -1.21. The second-order valence-corrected chi connectivity index (χ2v) is 3.77. The van der Waals surface area contributed by atoms with Crippen molar-refractivity contribution in [3.63, 3.8) is 0 Å². The maximum absolute atomic E-state index is 11.0. The number of fused-ring (bicyclic) bond motifs is 1. The van der Waals surface area contributed by atoms with Gasteiger partial charge in [-0.1, -0.05) is 18.2 Å². The van der Waals surface area contributed by atoms with Gasteiger partial charge in [0, 0.05) is 10.8 Å². The minimum Gasteiger partial charge on any atom is -0.862 e. The molecule has 0 atom stereocenters. The summed E-state index contributed by atoms with van der Waals surface area (Å²) in [5, 5.41) is 30.7. The number of carboxylic acids is 1. The van der Waals surface area contributed by atoms with Crippen LogP contribution >= 0.6 is 0 Å². The second-order valence-electron chi connectivity index (χ2n) is 3.77. The fourth-order valence-electron chi connectivity index (χ4n) is 1.77. The van der Waals surface area contributed by atoms with Gasteiger partial charge in [-0.15, -0.1) is 0 Å². The summed E-state index contributed by atoms with van der Waals surface area (Å²) >= 11 is 0. The summed E-state index contributed by atoms with van der Waals surface area (Å²) < 4.78 is 0. The van der Waals surface area contributed by atoms with E-state index in [1.165, 1.54) is 19.1 Å². The van der Waals surface area contributed by atoms with E-state index in [1.807, 2.05) is 0 Å². The number of aliphatic imine (C=N–C) groups is 1. The van der Waals surface area contributed by atoms with Gasteiger partial charge in [0.1, 0.15) is 11.3 Å². The first-order valence-corrected chi connectivity index (χ1v) is 5.21. The Bertz CT molecular complexity index is 663. The van der Waals surface area contributed by atoms with E-state index in [9.17, 15) is 15.0 Å². The number of carboxylic acid groups (broad SMARTS) is 1. The summed E-state index contributed by atoms with van der Waals surface area (Å²) in [6, 6.07) is 7.63. The van der Waals surface area contributed by atoms with E-state index in [-0.39, 0.29) is 68.6 Å². The topological polar surface area (TPSA) is 93.0 Å². The average Bonchev–Trinajstić information content (AvgIpc) is 2.29. The maximum Gasteiger partial charge on any atom is 1.00 e. The number of carbonyl (C=O) groups is 1. The summed E-state index contributed by atoms with van der Waals surface area (Å²) in [7, 11) is 0. The third-order valence-electron chi connectivity index (χ3n) is 2.52. The molecule has 19 heavy (non-hydrogen) atoms. The molecular weight excluding hydrogens is 273 g/mol. The Morgan fingerprint density at radius 1 is 1.21 bits per heavy atom. The van der Waals surface area contributed by atoms with E-state index in [1.54, 1.807) is 18.2 Å². The minimum absolute atomic E-state index is 0. The largest absolute Gasteiger partial charge is 1.00 e. The van der Waals surface area contributed by atoms with Gasteiger partial charge in [0.25, 0.3) is 0 Å². The summed E-state index contributed by atoms with van der Waals surface area (Å²) in [5.74, 6) is -1.88. The molecule has 6 heteroatoms. The predicted molar refractivity (Wildman–Crippen MR) is 65.3 cm³/mol. The Balaban J connectivity index is 0.00000180. The number of aromatic carboxylic acids is 1. The van der Waals surface area contributed by atoms with Crippen LogP contribution in [0.5, 0.6) is 5.75 Å². The van der Waals surface area contributed by atoms with Crippen LogP contribution in [0.1, 0.15) is 17.3 Å². The fraction of sp³-hybridized carbons (Fsp3) is 0.0769. The molecule has 92 valence electrons. The van der Waals surface area contributed by atoms with Crippen molar-refractivity contribution in [1.82, 2.24) is 0 Å². The number of benzene rings is 2. The molecule has 2 aromatic rings. The Hall–Kier alpha value is -0.924. The van der Waals surface area contributed by atoms with Crippen molar-refractivity contribution in [2.45, 2.75) is 6.92 Å². The molecule has 0 aliphatic heterocycles. The first-order chi connectivity index (χ1) is 8.50. The molecule has 2 rings (SSSR count). The number of hydrogen-bond acceptors (Lipinski definition) is 4. The third kappa shape index (κ3) is 3.34. The molecule has 5 nitrogen and oxygen atoms in total. The van der Waals surface area contributed by atoms with Crippen molar-refractivity contribution >= 4 is 28.3 Å². The second kappa shape index (κ2) is 6.49. The Morgan fingerprint density at radius 2 is 1.89 bits per heavy atom. The van der Waals surface area contributed by atoms with Gasteiger partial charge < -0.3 is 15.3 Å². The Kier molecular flexibility index (Phi) is 5.51. The van der Waals surface area contributed by atoms with Gasteiger partial charge in [-0.3, -0.25) is 4.99 Å². The molecule has 0 fully saturated rings. The van der Waals surface area contributed by atoms with Crippen molar-refractivity contribution in [2.24, 2.45) is 4.99 Å². The maximum atomic E-state index is 11.0. The number of aromatic hydroxyl groups is 1. The van der Waals surface area contributed by atoms with Crippen molar-refractivity contribution in [3.05, 3.63) is 35.9 Å². The van der Waals surface area contributed by atoms with E-state index < -0.39 is 5.97 Å². The first kappa shape index (κ1) is 16.1. The normalized spacial score (nSPS) is 11.1. The summed E-state index contributed by atoms with van der Waals surface area (Å²) in [6.07, 6.45) is 0. The number of hydrogen-bond donors (Lipinski definition) is 2. The molecule has 0 unspecified atom stereocenters. The molecule has 0 aliphatic carbocycles. The monoisotopic (exact) mass is 283 g/mol. The molecule has 0 saturated heterocycles. The van der Waals surface area contributed by atoms with Gasteiger partial charge in [-0.25, -0.2) is 4.79 Å². The van der Waals surface area contributed by atoms with E-state index in [2.05, 4.69) is 4.99 Å². The molecule has 0 radical (unpaired) electrons. The van der Waals surface area contributed by atoms with Gasteiger partial charge in [-0.2, -0.15) is 0 Å². The van der Waals surface area contributed by atoms with E-state index in [4.69, 9.17) is 5.11 Å². The number of nitrogens with zero attached hydrogens (tertiary/aromatic N) is 1. The smallest absolute Gasteiger partial charge is 0.862 e. The van der Waals surface area contributed by atoms with Crippen LogP contribution in [0.2, 0.25) is 0 Å². The average molecular weight is 283 g/mol. The SMILES string of the molecule is CC([O-])=Nc1cccc2c(O)c(C(=O)O)ccc12.[K+]. The van der Waals surface area contributed by atoms with Gasteiger partial charge in [0.05, 0.1) is 5.69 Å². The quantitative estimate of drug-likeness (QED) is 0.405. The van der Waals surface area contributed by atoms with Crippen molar-refractivity contribution in [2.75, 3.05) is 0 Å². The third-order valence-corrected chi connectivity index (χ3v) is 2.52. The number of phenols is 1. The summed E-state index contributed by atoms with van der Waals surface area (Å²) in [4.78, 5) is 14.7. The molecule has 0 amide bonds. The van der Waals surface area contributed by atoms with Crippen LogP contribution in [-0.4, -0.2) is 22.1 Å². The van der Waals surface area contributed by atoms with E-state index in [0.29, 0.717) is 16.5 Å². The van der Waals surface area contributed by atoms with Crippen LogP contribution in [0.15, 0.2) is 35.3 Å². The van der Waals surface area contributed by atoms with Gasteiger partial charge in [0.15, 0.2) is 0 Å². The van der Waals surface area contributed by atoms with Crippen LogP contribution in [0, 0.1) is 0 Å². The molecule has 0 aromatic heterocycles.